The Hall–Kier alpha value is -2.48. The van der Waals surface area contributed by atoms with E-state index in [4.69, 9.17) is 5.11 Å². The van der Waals surface area contributed by atoms with E-state index in [2.05, 4.69) is 10.3 Å². The maximum Gasteiger partial charge on any atom is 0.338 e. The van der Waals surface area contributed by atoms with E-state index in [-0.39, 0.29) is 11.3 Å². The minimum atomic E-state index is -1.22. The minimum absolute atomic E-state index is 0.133. The lowest BCUT2D eigenvalue weighted by Gasteiger charge is -2.08. The number of carbonyl (C=O) groups is 1. The van der Waals surface area contributed by atoms with E-state index in [1.54, 1.807) is 0 Å². The lowest BCUT2D eigenvalue weighted by atomic mass is 10.1. The number of non-ortho nitro benzene ring substituents is 1. The molecule has 2 rings (SSSR count). The number of carboxylic acid groups (broad SMARTS) is 1. The summed E-state index contributed by atoms with van der Waals surface area (Å²) in [5.41, 5.74) is 0.736. The number of benzene rings is 1. The summed E-state index contributed by atoms with van der Waals surface area (Å²) < 4.78 is 0. The lowest BCUT2D eigenvalue weighted by Crippen LogP contribution is -2.07. The first-order chi connectivity index (χ1) is 9.47. The number of aromatic nitrogens is 1. The fraction of sp³-hybridized carbons (Fsp3) is 0.167. The molecule has 0 aliphatic heterocycles. The second kappa shape index (κ2) is 5.66. The van der Waals surface area contributed by atoms with E-state index < -0.39 is 10.9 Å². The molecule has 0 saturated heterocycles. The van der Waals surface area contributed by atoms with E-state index in [1.165, 1.54) is 23.5 Å². The van der Waals surface area contributed by atoms with Crippen LogP contribution in [0.2, 0.25) is 0 Å². The van der Waals surface area contributed by atoms with Crippen LogP contribution in [0.4, 0.5) is 11.4 Å². The van der Waals surface area contributed by atoms with Gasteiger partial charge >= 0.3 is 5.97 Å². The van der Waals surface area contributed by atoms with Crippen LogP contribution in [-0.2, 0) is 6.54 Å². The Balaban J connectivity index is 2.22. The molecule has 0 fully saturated rings. The van der Waals surface area contributed by atoms with E-state index in [1.807, 2.05) is 12.3 Å². The Kier molecular flexibility index (Phi) is 3.94. The molecule has 0 amide bonds. The fourth-order valence-electron chi connectivity index (χ4n) is 1.65. The number of nitrogens with one attached hydrogen (secondary N) is 1. The van der Waals surface area contributed by atoms with Gasteiger partial charge in [0, 0.05) is 23.2 Å². The maximum absolute atomic E-state index is 11.1. The summed E-state index contributed by atoms with van der Waals surface area (Å²) in [5.74, 6) is -1.22. The summed E-state index contributed by atoms with van der Waals surface area (Å²) in [4.78, 5) is 25.4. The van der Waals surface area contributed by atoms with Crippen molar-refractivity contribution >= 4 is 28.7 Å². The number of hydrogen-bond acceptors (Lipinski definition) is 6. The van der Waals surface area contributed by atoms with Crippen LogP contribution >= 0.6 is 11.3 Å². The molecule has 0 bridgehead atoms. The number of aromatic carboxylic acids is 1. The summed E-state index contributed by atoms with van der Waals surface area (Å²) in [6.45, 7) is 2.24. The highest BCUT2D eigenvalue weighted by molar-refractivity contribution is 7.09. The predicted octanol–water partition coefficient (Wildman–Crippen LogP) is 2.67. The van der Waals surface area contributed by atoms with E-state index in [0.29, 0.717) is 12.2 Å². The number of nitrogens with zero attached hydrogens (tertiary/aromatic N) is 2. The molecular formula is C12H11N3O4S. The first kappa shape index (κ1) is 13.9. The van der Waals surface area contributed by atoms with Gasteiger partial charge in [-0.2, -0.15) is 0 Å². The second-order valence-corrected chi connectivity index (χ2v) is 5.07. The van der Waals surface area contributed by atoms with Crippen LogP contribution in [0, 0.1) is 17.0 Å². The van der Waals surface area contributed by atoms with Crippen LogP contribution in [0.3, 0.4) is 0 Å². The Labute approximate surface area is 118 Å². The molecule has 1 aromatic heterocycles. The highest BCUT2D eigenvalue weighted by Crippen LogP contribution is 2.23. The van der Waals surface area contributed by atoms with Crippen LogP contribution in [0.5, 0.6) is 0 Å². The first-order valence-corrected chi connectivity index (χ1v) is 6.52. The molecule has 2 aromatic rings. The molecule has 0 aliphatic rings. The summed E-state index contributed by atoms with van der Waals surface area (Å²) in [5, 5.41) is 25.5. The molecule has 104 valence electrons. The molecule has 0 saturated carbocycles. The highest BCUT2D eigenvalue weighted by atomic mass is 32.1. The van der Waals surface area contributed by atoms with Gasteiger partial charge in [-0.25, -0.2) is 9.78 Å². The number of hydrogen-bond donors (Lipinski definition) is 2. The number of rotatable bonds is 5. The summed E-state index contributed by atoms with van der Waals surface area (Å²) in [7, 11) is 0. The highest BCUT2D eigenvalue weighted by Gasteiger charge is 2.16. The van der Waals surface area contributed by atoms with Gasteiger partial charge in [-0.3, -0.25) is 10.1 Å². The number of nitro benzene ring substituents is 1. The van der Waals surface area contributed by atoms with E-state index >= 15 is 0 Å². The average molecular weight is 293 g/mol. The predicted molar refractivity (Wildman–Crippen MR) is 74.2 cm³/mol. The zero-order valence-electron chi connectivity index (χ0n) is 10.5. The van der Waals surface area contributed by atoms with Gasteiger partial charge in [-0.1, -0.05) is 0 Å². The van der Waals surface area contributed by atoms with Crippen molar-refractivity contribution in [1.29, 1.82) is 0 Å². The van der Waals surface area contributed by atoms with Crippen LogP contribution in [0.25, 0.3) is 0 Å². The molecule has 1 aromatic carbocycles. The largest absolute Gasteiger partial charge is 0.478 e. The Morgan fingerprint density at radius 2 is 2.30 bits per heavy atom. The third-order valence-corrected chi connectivity index (χ3v) is 3.39. The number of nitro groups is 1. The number of anilines is 1. The first-order valence-electron chi connectivity index (χ1n) is 5.64. The van der Waals surface area contributed by atoms with Crippen molar-refractivity contribution in [2.24, 2.45) is 0 Å². The standard InChI is InChI=1S/C12H11N3O4S/c1-7-14-8(6-20-7)5-13-11-3-2-9(15(18)19)4-10(11)12(16)17/h2-4,6,13H,5H2,1H3,(H,16,17). The molecule has 1 heterocycles. The Morgan fingerprint density at radius 1 is 1.55 bits per heavy atom. The van der Waals surface area contributed by atoms with Crippen molar-refractivity contribution in [3.63, 3.8) is 0 Å². The van der Waals surface area contributed by atoms with Crippen molar-refractivity contribution in [3.05, 3.63) is 50.0 Å². The number of carboxylic acids is 1. The molecule has 0 radical (unpaired) electrons. The van der Waals surface area contributed by atoms with Crippen LogP contribution in [0.1, 0.15) is 21.1 Å². The monoisotopic (exact) mass is 293 g/mol. The summed E-state index contributed by atoms with van der Waals surface area (Å²) in [6, 6.07) is 3.69. The van der Waals surface area contributed by atoms with Crippen LogP contribution < -0.4 is 5.32 Å². The van der Waals surface area contributed by atoms with Crippen molar-refractivity contribution in [1.82, 2.24) is 4.98 Å². The maximum atomic E-state index is 11.1. The molecule has 0 unspecified atom stereocenters. The van der Waals surface area contributed by atoms with Gasteiger partial charge in [0.25, 0.3) is 5.69 Å². The third-order valence-electron chi connectivity index (χ3n) is 2.57. The fourth-order valence-corrected chi connectivity index (χ4v) is 2.26. The van der Waals surface area contributed by atoms with Crippen LogP contribution in [-0.4, -0.2) is 21.0 Å². The quantitative estimate of drug-likeness (QED) is 0.648. The van der Waals surface area contributed by atoms with Gasteiger partial charge in [0.1, 0.15) is 0 Å². The lowest BCUT2D eigenvalue weighted by molar-refractivity contribution is -0.384. The zero-order valence-corrected chi connectivity index (χ0v) is 11.3. The Morgan fingerprint density at radius 3 is 2.85 bits per heavy atom. The zero-order chi connectivity index (χ0) is 14.7. The molecule has 20 heavy (non-hydrogen) atoms. The van der Waals surface area contributed by atoms with Gasteiger partial charge < -0.3 is 10.4 Å². The molecule has 8 heteroatoms. The smallest absolute Gasteiger partial charge is 0.338 e. The Bertz CT molecular complexity index is 668. The normalized spacial score (nSPS) is 10.2. The van der Waals surface area contributed by atoms with Gasteiger partial charge in [0.05, 0.1) is 27.7 Å². The molecular weight excluding hydrogens is 282 g/mol. The van der Waals surface area contributed by atoms with Gasteiger partial charge in [-0.15, -0.1) is 11.3 Å². The minimum Gasteiger partial charge on any atom is -0.478 e. The van der Waals surface area contributed by atoms with Gasteiger partial charge in [-0.05, 0) is 13.0 Å². The van der Waals surface area contributed by atoms with E-state index in [0.717, 1.165) is 16.8 Å². The SMILES string of the molecule is Cc1nc(CNc2ccc([N+](=O)[O-])cc2C(=O)O)cs1. The number of aryl methyl sites for hydroxylation is 1. The van der Waals surface area contributed by atoms with Crippen molar-refractivity contribution in [2.45, 2.75) is 13.5 Å². The molecule has 2 N–H and O–H groups in total. The summed E-state index contributed by atoms with van der Waals surface area (Å²) >= 11 is 1.50. The third kappa shape index (κ3) is 3.09. The molecule has 0 aliphatic carbocycles. The van der Waals surface area contributed by atoms with Crippen molar-refractivity contribution in [3.8, 4) is 0 Å². The van der Waals surface area contributed by atoms with E-state index in [9.17, 15) is 14.9 Å². The van der Waals surface area contributed by atoms with Crippen molar-refractivity contribution in [2.75, 3.05) is 5.32 Å². The molecule has 0 atom stereocenters. The number of thiazole rings is 1. The molecule has 0 spiro atoms. The van der Waals surface area contributed by atoms with Crippen LogP contribution in [0.15, 0.2) is 23.6 Å². The second-order valence-electron chi connectivity index (χ2n) is 4.00. The van der Waals surface area contributed by atoms with Crippen molar-refractivity contribution < 1.29 is 14.8 Å². The van der Waals surface area contributed by atoms with Gasteiger partial charge in [0.15, 0.2) is 0 Å². The topological polar surface area (TPSA) is 105 Å². The molecule has 7 nitrogen and oxygen atoms in total. The summed E-state index contributed by atoms with van der Waals surface area (Å²) in [6.07, 6.45) is 0. The van der Waals surface area contributed by atoms with Gasteiger partial charge in [0.2, 0.25) is 0 Å². The average Bonchev–Trinajstić information content (AvgIpc) is 2.81.